The van der Waals surface area contributed by atoms with Gasteiger partial charge in [-0.3, -0.25) is 0 Å². The van der Waals surface area contributed by atoms with Gasteiger partial charge in [-0.05, 0) is 11.1 Å². The van der Waals surface area contributed by atoms with E-state index in [1.54, 1.807) is 0 Å². The Morgan fingerprint density at radius 1 is 0.680 bits per heavy atom. The molecule has 2 N–H and O–H groups in total. The van der Waals surface area contributed by atoms with Crippen molar-refractivity contribution in [3.63, 3.8) is 0 Å². The topological polar surface area (TPSA) is 40.5 Å². The molecule has 2 aromatic carbocycles. The summed E-state index contributed by atoms with van der Waals surface area (Å²) in [5.41, 5.74) is 2.15. The molecule has 0 saturated carbocycles. The van der Waals surface area contributed by atoms with Crippen LogP contribution in [0, 0.1) is 0 Å². The van der Waals surface area contributed by atoms with Gasteiger partial charge in [0.25, 0.3) is 0 Å². The Labute approximate surface area is 175 Å². The van der Waals surface area contributed by atoms with Gasteiger partial charge in [0, 0.05) is 10.8 Å². The molecule has 5 heteroatoms. The fourth-order valence-electron chi connectivity index (χ4n) is 1.96. The average molecular weight is 551 g/mol. The summed E-state index contributed by atoms with van der Waals surface area (Å²) in [5.74, 6) is 0. The summed E-state index contributed by atoms with van der Waals surface area (Å²) >= 11 is 6.32. The molecule has 2 nitrogen and oxygen atoms in total. The zero-order valence-corrected chi connectivity index (χ0v) is 21.0. The SMILES string of the molecule is CC(C)(CO)c1ccccc1.CC(C)(CO)c1ccccc1.[Br][Zr][Br]. The Balaban J connectivity index is 0.000000399. The molecule has 138 valence electrons. The standard InChI is InChI=1S/2C10H14O.2BrH.Zr/c2*1-10(2,8-11)9-6-4-3-5-7-9;;;/h2*3-7,11H,8H2,1-2H3;2*1H;/q;;;;+2/p-2. The number of halogens is 2. The van der Waals surface area contributed by atoms with E-state index < -0.39 is 0 Å². The van der Waals surface area contributed by atoms with E-state index in [1.807, 2.05) is 88.4 Å². The van der Waals surface area contributed by atoms with Crippen molar-refractivity contribution in [3.05, 3.63) is 71.8 Å². The molecule has 0 atom stereocenters. The summed E-state index contributed by atoms with van der Waals surface area (Å²) in [6.07, 6.45) is 0. The van der Waals surface area contributed by atoms with Crippen molar-refractivity contribution < 1.29 is 28.7 Å². The summed E-state index contributed by atoms with van der Waals surface area (Å²) < 4.78 is 0. The first-order valence-electron chi connectivity index (χ1n) is 8.04. The van der Waals surface area contributed by atoms with E-state index in [9.17, 15) is 0 Å². The van der Waals surface area contributed by atoms with E-state index in [4.69, 9.17) is 10.2 Å². The van der Waals surface area contributed by atoms with E-state index >= 15 is 0 Å². The number of benzene rings is 2. The first kappa shape index (κ1) is 25.2. The van der Waals surface area contributed by atoms with Crippen molar-refractivity contribution in [2.75, 3.05) is 13.2 Å². The van der Waals surface area contributed by atoms with Crippen LogP contribution in [0.15, 0.2) is 60.7 Å². The molecular weight excluding hydrogens is 523 g/mol. The molecule has 2 rings (SSSR count). The van der Waals surface area contributed by atoms with Gasteiger partial charge in [-0.2, -0.15) is 0 Å². The van der Waals surface area contributed by atoms with Crippen molar-refractivity contribution in [3.8, 4) is 0 Å². The number of aliphatic hydroxyl groups excluding tert-OH is 2. The Morgan fingerprint density at radius 3 is 1.12 bits per heavy atom. The summed E-state index contributed by atoms with van der Waals surface area (Å²) in [6, 6.07) is 20.1. The fraction of sp³-hybridized carbons (Fsp3) is 0.400. The second-order valence-electron chi connectivity index (χ2n) is 6.89. The molecule has 0 unspecified atom stereocenters. The number of hydrogen-bond donors (Lipinski definition) is 2. The molecule has 0 heterocycles. The summed E-state index contributed by atoms with van der Waals surface area (Å²) in [4.78, 5) is 0. The monoisotopic (exact) mass is 548 g/mol. The maximum absolute atomic E-state index is 9.05. The van der Waals surface area contributed by atoms with Gasteiger partial charge >= 0.3 is 43.0 Å². The molecule has 0 amide bonds. The van der Waals surface area contributed by atoms with Gasteiger partial charge in [-0.15, -0.1) is 0 Å². The van der Waals surface area contributed by atoms with Crippen LogP contribution in [0.5, 0.6) is 0 Å². The van der Waals surface area contributed by atoms with E-state index in [-0.39, 0.29) is 42.6 Å². The molecule has 2 aromatic rings. The normalized spacial score (nSPS) is 10.7. The van der Waals surface area contributed by atoms with Crippen molar-refractivity contribution in [1.29, 1.82) is 0 Å². The molecule has 25 heavy (non-hydrogen) atoms. The molecule has 0 fully saturated rings. The predicted octanol–water partition coefficient (Wildman–Crippen LogP) is 5.60. The van der Waals surface area contributed by atoms with Gasteiger partial charge < -0.3 is 10.2 Å². The van der Waals surface area contributed by atoms with Gasteiger partial charge in [-0.25, -0.2) is 0 Å². The van der Waals surface area contributed by atoms with Crippen molar-refractivity contribution in [2.45, 2.75) is 38.5 Å². The van der Waals surface area contributed by atoms with Gasteiger partial charge in [0.15, 0.2) is 0 Å². The third-order valence-corrected chi connectivity index (χ3v) is 3.90. The van der Waals surface area contributed by atoms with Crippen LogP contribution in [-0.4, -0.2) is 23.4 Å². The first-order valence-corrected chi connectivity index (χ1v) is 19.3. The molecular formula is C20H28Br2O2Zr. The molecule has 0 spiro atoms. The van der Waals surface area contributed by atoms with Gasteiger partial charge in [0.1, 0.15) is 0 Å². The van der Waals surface area contributed by atoms with Crippen LogP contribution in [0.25, 0.3) is 0 Å². The Bertz CT molecular complexity index is 509. The summed E-state index contributed by atoms with van der Waals surface area (Å²) in [7, 11) is 0. The number of rotatable bonds is 4. The van der Waals surface area contributed by atoms with E-state index in [2.05, 4.69) is 24.4 Å². The Kier molecular flexibility index (Phi) is 13.5. The third-order valence-electron chi connectivity index (χ3n) is 3.90. The Hall–Kier alpha value is 0.203. The number of hydrogen-bond acceptors (Lipinski definition) is 2. The second kappa shape index (κ2) is 13.4. The molecule has 0 aliphatic heterocycles. The van der Waals surface area contributed by atoms with Crippen molar-refractivity contribution >= 4 is 24.4 Å². The Morgan fingerprint density at radius 2 is 0.920 bits per heavy atom. The second-order valence-corrected chi connectivity index (χ2v) is 18.2. The third kappa shape index (κ3) is 10.2. The van der Waals surface area contributed by atoms with E-state index in [1.165, 1.54) is 11.1 Å². The molecule has 0 aliphatic rings. The van der Waals surface area contributed by atoms with Crippen LogP contribution in [0.3, 0.4) is 0 Å². The van der Waals surface area contributed by atoms with Gasteiger partial charge in [0.05, 0.1) is 13.2 Å². The molecule has 0 saturated heterocycles. The van der Waals surface area contributed by atoms with Gasteiger partial charge in [-0.1, -0.05) is 88.4 Å². The predicted molar refractivity (Wildman–Crippen MR) is 111 cm³/mol. The van der Waals surface area contributed by atoms with E-state index in [0.717, 1.165) is 0 Å². The zero-order valence-electron chi connectivity index (χ0n) is 15.3. The van der Waals surface area contributed by atoms with Crippen molar-refractivity contribution in [1.82, 2.24) is 0 Å². The average Bonchev–Trinajstić information content (AvgIpc) is 2.64. The van der Waals surface area contributed by atoms with Crippen LogP contribution in [0.1, 0.15) is 38.8 Å². The van der Waals surface area contributed by atoms with Crippen LogP contribution in [0.2, 0.25) is 0 Å². The quantitative estimate of drug-likeness (QED) is 0.520. The minimum atomic E-state index is -0.145. The molecule has 0 aliphatic carbocycles. The zero-order chi connectivity index (χ0) is 19.3. The summed E-state index contributed by atoms with van der Waals surface area (Å²) in [5, 5.41) is 18.1. The van der Waals surface area contributed by atoms with Crippen LogP contribution in [-0.2, 0) is 29.4 Å². The number of aliphatic hydroxyl groups is 2. The van der Waals surface area contributed by atoms with Crippen LogP contribution in [0.4, 0.5) is 0 Å². The van der Waals surface area contributed by atoms with Crippen LogP contribution < -0.4 is 0 Å². The first-order chi connectivity index (χ1) is 11.7. The van der Waals surface area contributed by atoms with Gasteiger partial charge in [0.2, 0.25) is 0 Å². The molecule has 0 radical (unpaired) electrons. The fourth-order valence-corrected chi connectivity index (χ4v) is 1.96. The van der Waals surface area contributed by atoms with Crippen LogP contribution >= 0.6 is 24.4 Å². The molecule has 0 aromatic heterocycles. The molecule has 0 bridgehead atoms. The minimum absolute atomic E-state index is 0.110. The van der Waals surface area contributed by atoms with E-state index in [0.29, 0.717) is 0 Å². The summed E-state index contributed by atoms with van der Waals surface area (Å²) in [6.45, 7) is 8.50. The maximum atomic E-state index is 9.05. The van der Waals surface area contributed by atoms with Crippen molar-refractivity contribution in [2.24, 2.45) is 0 Å².